The highest BCUT2D eigenvalue weighted by atomic mass is 32.2. The molecule has 0 saturated heterocycles. The Balaban J connectivity index is 1.62. The summed E-state index contributed by atoms with van der Waals surface area (Å²) in [5, 5.41) is 9.61. The number of aromatic amines is 2. The van der Waals surface area contributed by atoms with E-state index in [-0.39, 0.29) is 10.8 Å². The van der Waals surface area contributed by atoms with Crippen LogP contribution in [0, 0.1) is 0 Å². The van der Waals surface area contributed by atoms with Crippen molar-refractivity contribution in [3.05, 3.63) is 80.5 Å². The largest absolute Gasteiger partial charge is 0.493 e. The maximum atomic E-state index is 12.0. The number of hydrazone groups is 1. The van der Waals surface area contributed by atoms with Crippen LogP contribution in [0.15, 0.2) is 68.2 Å². The number of carbonyl (C=O) groups is 1. The lowest BCUT2D eigenvalue weighted by Crippen LogP contribution is -2.26. The molecule has 2 aromatic carbocycles. The van der Waals surface area contributed by atoms with Gasteiger partial charge in [-0.2, -0.15) is 10.2 Å². The Labute approximate surface area is 180 Å². The van der Waals surface area contributed by atoms with Gasteiger partial charge in [0.05, 0.1) is 19.1 Å². The monoisotopic (exact) mass is 441 g/mol. The summed E-state index contributed by atoms with van der Waals surface area (Å²) < 4.78 is 11.3. The van der Waals surface area contributed by atoms with Gasteiger partial charge in [0.25, 0.3) is 5.56 Å². The number of para-hydroxylation sites is 1. The third kappa shape index (κ3) is 6.31. The molecule has 0 radical (unpaired) electrons. The van der Waals surface area contributed by atoms with E-state index in [1.165, 1.54) is 13.3 Å². The van der Waals surface area contributed by atoms with Crippen LogP contribution in [0.4, 0.5) is 0 Å². The van der Waals surface area contributed by atoms with E-state index in [4.69, 9.17) is 9.47 Å². The van der Waals surface area contributed by atoms with Crippen molar-refractivity contribution in [1.29, 1.82) is 0 Å². The van der Waals surface area contributed by atoms with Crippen LogP contribution in [0.1, 0.15) is 11.1 Å². The van der Waals surface area contributed by atoms with E-state index in [1.807, 2.05) is 35.3 Å². The van der Waals surface area contributed by atoms with Gasteiger partial charge in [-0.1, -0.05) is 48.2 Å². The third-order valence-corrected chi connectivity index (χ3v) is 4.83. The summed E-state index contributed by atoms with van der Waals surface area (Å²) in [5.74, 6) is 0.452. The summed E-state index contributed by atoms with van der Waals surface area (Å²) in [6.07, 6.45) is 1.44. The molecular weight excluding hydrogens is 422 g/mol. The number of amides is 1. The number of benzene rings is 2. The van der Waals surface area contributed by atoms with Crippen molar-refractivity contribution >= 4 is 23.9 Å². The van der Waals surface area contributed by atoms with Crippen LogP contribution in [-0.2, 0) is 11.4 Å². The molecule has 3 rings (SSSR count). The predicted molar refractivity (Wildman–Crippen MR) is 116 cm³/mol. The molecule has 0 saturated carbocycles. The van der Waals surface area contributed by atoms with Gasteiger partial charge in [-0.05, 0) is 17.7 Å². The Kier molecular flexibility index (Phi) is 7.60. The van der Waals surface area contributed by atoms with Gasteiger partial charge < -0.3 is 9.47 Å². The van der Waals surface area contributed by atoms with E-state index in [1.54, 1.807) is 18.2 Å². The van der Waals surface area contributed by atoms with E-state index in [2.05, 4.69) is 20.7 Å². The van der Waals surface area contributed by atoms with Gasteiger partial charge in [0, 0.05) is 5.56 Å². The molecule has 0 spiro atoms. The Morgan fingerprint density at radius 1 is 1.19 bits per heavy atom. The Morgan fingerprint density at radius 2 is 2.00 bits per heavy atom. The van der Waals surface area contributed by atoms with E-state index in [0.717, 1.165) is 17.3 Å². The quantitative estimate of drug-likeness (QED) is 0.258. The minimum absolute atomic E-state index is 0.0249. The molecule has 0 aliphatic carbocycles. The first-order valence-corrected chi connectivity index (χ1v) is 10.0. The molecule has 160 valence electrons. The van der Waals surface area contributed by atoms with Crippen molar-refractivity contribution < 1.29 is 14.3 Å². The number of thioether (sulfide) groups is 1. The van der Waals surface area contributed by atoms with Crippen molar-refractivity contribution in [2.75, 3.05) is 12.9 Å². The zero-order valence-electron chi connectivity index (χ0n) is 16.5. The van der Waals surface area contributed by atoms with Gasteiger partial charge in [-0.15, -0.1) is 0 Å². The molecule has 0 bridgehead atoms. The lowest BCUT2D eigenvalue weighted by molar-refractivity contribution is -0.118. The molecular formula is C20H19N5O5S. The van der Waals surface area contributed by atoms with E-state index in [9.17, 15) is 14.4 Å². The van der Waals surface area contributed by atoms with Crippen LogP contribution in [0.2, 0.25) is 0 Å². The number of nitrogens with one attached hydrogen (secondary N) is 3. The van der Waals surface area contributed by atoms with Crippen LogP contribution >= 0.6 is 11.8 Å². The van der Waals surface area contributed by atoms with E-state index < -0.39 is 17.2 Å². The van der Waals surface area contributed by atoms with Crippen LogP contribution in [-0.4, -0.2) is 40.2 Å². The standard InChI is InChI=1S/C20H19N5O5S/c1-29-15-9-5-8-14(17(15)30-11-13-6-3-2-4-7-13)10-21-23-16(26)12-31-19-18(27)22-20(28)25-24-19/h2-10H,11-12H2,1H3,(H,23,26)(H2,22,25,27,28)/b21-10+. The average Bonchev–Trinajstić information content (AvgIpc) is 2.78. The van der Waals surface area contributed by atoms with Gasteiger partial charge in [-0.3, -0.25) is 14.6 Å². The van der Waals surface area contributed by atoms with Crippen molar-refractivity contribution in [1.82, 2.24) is 20.6 Å². The second kappa shape index (κ2) is 10.8. The summed E-state index contributed by atoms with van der Waals surface area (Å²) in [6.45, 7) is 0.339. The maximum absolute atomic E-state index is 12.0. The maximum Gasteiger partial charge on any atom is 0.342 e. The zero-order chi connectivity index (χ0) is 22.1. The molecule has 3 aromatic rings. The Hall–Kier alpha value is -3.86. The number of carbonyl (C=O) groups excluding carboxylic acids is 1. The molecule has 0 fully saturated rings. The van der Waals surface area contributed by atoms with E-state index >= 15 is 0 Å². The fraction of sp³-hybridized carbons (Fsp3) is 0.150. The highest BCUT2D eigenvalue weighted by Gasteiger charge is 2.10. The number of rotatable bonds is 9. The van der Waals surface area contributed by atoms with Gasteiger partial charge in [0.1, 0.15) is 6.61 Å². The minimum Gasteiger partial charge on any atom is -0.493 e. The third-order valence-electron chi connectivity index (χ3n) is 3.87. The molecule has 1 heterocycles. The van der Waals surface area contributed by atoms with Crippen molar-refractivity contribution in [3.8, 4) is 11.5 Å². The molecule has 31 heavy (non-hydrogen) atoms. The highest BCUT2D eigenvalue weighted by molar-refractivity contribution is 7.99. The van der Waals surface area contributed by atoms with Crippen LogP contribution < -0.4 is 26.1 Å². The van der Waals surface area contributed by atoms with Gasteiger partial charge in [-0.25, -0.2) is 15.3 Å². The molecule has 11 heteroatoms. The zero-order valence-corrected chi connectivity index (χ0v) is 17.3. The fourth-order valence-electron chi connectivity index (χ4n) is 2.45. The van der Waals surface area contributed by atoms with E-state index in [0.29, 0.717) is 23.7 Å². The summed E-state index contributed by atoms with van der Waals surface area (Å²) in [4.78, 5) is 36.5. The smallest absolute Gasteiger partial charge is 0.342 e. The number of H-pyrrole nitrogens is 2. The number of hydrogen-bond donors (Lipinski definition) is 3. The molecule has 1 aromatic heterocycles. The van der Waals surface area contributed by atoms with Crippen LogP contribution in [0.5, 0.6) is 11.5 Å². The summed E-state index contributed by atoms with van der Waals surface area (Å²) in [5.41, 5.74) is 2.60. The van der Waals surface area contributed by atoms with Crippen LogP contribution in [0.25, 0.3) is 0 Å². The topological polar surface area (TPSA) is 139 Å². The number of ether oxygens (including phenoxy) is 2. The second-order valence-electron chi connectivity index (χ2n) is 6.05. The molecule has 0 aliphatic rings. The minimum atomic E-state index is -0.716. The normalized spacial score (nSPS) is 10.7. The predicted octanol–water partition coefficient (Wildman–Crippen LogP) is 1.29. The van der Waals surface area contributed by atoms with Gasteiger partial charge in [0.2, 0.25) is 5.91 Å². The van der Waals surface area contributed by atoms with Gasteiger partial charge in [0.15, 0.2) is 16.5 Å². The SMILES string of the molecule is COc1cccc(/C=N/NC(=O)CSc2n[nH]c(=O)[nH]c2=O)c1OCc1ccccc1. The first-order valence-electron chi connectivity index (χ1n) is 9.04. The second-order valence-corrected chi connectivity index (χ2v) is 7.01. The summed E-state index contributed by atoms with van der Waals surface area (Å²) in [7, 11) is 1.54. The highest BCUT2D eigenvalue weighted by Crippen LogP contribution is 2.30. The lowest BCUT2D eigenvalue weighted by Gasteiger charge is -2.13. The van der Waals surface area contributed by atoms with Crippen molar-refractivity contribution in [3.63, 3.8) is 0 Å². The summed E-state index contributed by atoms with van der Waals surface area (Å²) in [6, 6.07) is 15.0. The Morgan fingerprint density at radius 3 is 2.74 bits per heavy atom. The lowest BCUT2D eigenvalue weighted by atomic mass is 10.2. The average molecular weight is 441 g/mol. The molecule has 1 amide bonds. The number of methoxy groups -OCH3 is 1. The fourth-order valence-corrected chi connectivity index (χ4v) is 3.08. The molecule has 0 atom stereocenters. The summed E-state index contributed by atoms with van der Waals surface area (Å²) >= 11 is 0.869. The van der Waals surface area contributed by atoms with Crippen LogP contribution in [0.3, 0.4) is 0 Å². The number of hydrogen-bond acceptors (Lipinski definition) is 8. The van der Waals surface area contributed by atoms with Crippen molar-refractivity contribution in [2.45, 2.75) is 11.6 Å². The first-order chi connectivity index (χ1) is 15.1. The molecule has 3 N–H and O–H groups in total. The van der Waals surface area contributed by atoms with Crippen molar-refractivity contribution in [2.24, 2.45) is 5.10 Å². The Bertz CT molecular complexity index is 1180. The molecule has 0 unspecified atom stereocenters. The number of nitrogens with zero attached hydrogens (tertiary/aromatic N) is 2. The van der Waals surface area contributed by atoms with Gasteiger partial charge >= 0.3 is 5.69 Å². The molecule has 10 nitrogen and oxygen atoms in total. The first kappa shape index (κ1) is 21.8. The number of aromatic nitrogens is 3. The molecule has 0 aliphatic heterocycles.